The van der Waals surface area contributed by atoms with Crippen molar-refractivity contribution >= 4 is 21.6 Å². The van der Waals surface area contributed by atoms with Crippen molar-refractivity contribution in [2.24, 2.45) is 0 Å². The maximum absolute atomic E-state index is 11.7. The summed E-state index contributed by atoms with van der Waals surface area (Å²) < 4.78 is 40.3. The van der Waals surface area contributed by atoms with Crippen molar-refractivity contribution in [3.8, 4) is 0 Å². The summed E-state index contributed by atoms with van der Waals surface area (Å²) in [6, 6.07) is 0. The van der Waals surface area contributed by atoms with Gasteiger partial charge in [0.05, 0.1) is 6.61 Å². The Balaban J connectivity index is 4.59. The Bertz CT molecular complexity index is 379. The number of unbranched alkanes of at least 4 members (excludes halogenated alkanes) is 1. The average molecular weight is 302 g/mol. The van der Waals surface area contributed by atoms with Crippen molar-refractivity contribution in [2.75, 3.05) is 13.7 Å². The van der Waals surface area contributed by atoms with Crippen molar-refractivity contribution in [1.82, 2.24) is 0 Å². The quantitative estimate of drug-likeness (QED) is 0.393. The van der Waals surface area contributed by atoms with E-state index in [-0.39, 0.29) is 6.61 Å². The summed E-state index contributed by atoms with van der Waals surface area (Å²) in [6.45, 7) is 4.85. The van der Waals surface area contributed by atoms with Crippen LogP contribution in [0, 0.1) is 0 Å². The average Bonchev–Trinajstić information content (AvgIpc) is 2.28. The minimum absolute atomic E-state index is 0.0661. The van der Waals surface area contributed by atoms with Gasteiger partial charge in [0.1, 0.15) is 0 Å². The molecule has 0 saturated carbocycles. The lowest BCUT2D eigenvalue weighted by molar-refractivity contribution is -0.130. The van der Waals surface area contributed by atoms with Gasteiger partial charge in [0.2, 0.25) is 0 Å². The monoisotopic (exact) mass is 302 g/mol. The molecule has 0 radical (unpaired) electrons. The number of rotatable bonds is 9. The summed E-state index contributed by atoms with van der Waals surface area (Å²) in [7, 11) is -8.24. The minimum atomic E-state index is -4.63. The first kappa shape index (κ1) is 17.5. The van der Waals surface area contributed by atoms with Gasteiger partial charge >= 0.3 is 21.6 Å². The third-order valence-corrected chi connectivity index (χ3v) is 4.53. The lowest BCUT2D eigenvalue weighted by Crippen LogP contribution is -2.04. The lowest BCUT2D eigenvalue weighted by atomic mass is 10.4. The molecule has 0 aromatic carbocycles. The highest BCUT2D eigenvalue weighted by atomic mass is 31.3. The predicted molar refractivity (Wildman–Crippen MR) is 62.7 cm³/mol. The van der Waals surface area contributed by atoms with Crippen LogP contribution in [0.15, 0.2) is 12.7 Å². The van der Waals surface area contributed by atoms with Crippen molar-refractivity contribution in [2.45, 2.75) is 19.8 Å². The van der Waals surface area contributed by atoms with Gasteiger partial charge in [0.15, 0.2) is 0 Å². The maximum Gasteiger partial charge on any atom is 0.541 e. The Morgan fingerprint density at radius 3 is 2.50 bits per heavy atom. The zero-order valence-electron chi connectivity index (χ0n) is 10.1. The number of phosphoric ester groups is 2. The van der Waals surface area contributed by atoms with E-state index in [4.69, 9.17) is 0 Å². The van der Waals surface area contributed by atoms with Crippen molar-refractivity contribution in [3.63, 3.8) is 0 Å². The molecule has 0 amide bonds. The van der Waals surface area contributed by atoms with Crippen LogP contribution in [0.2, 0.25) is 0 Å². The smallest absolute Gasteiger partial charge is 0.367 e. The van der Waals surface area contributed by atoms with Crippen LogP contribution in [0.25, 0.3) is 0 Å². The van der Waals surface area contributed by atoms with Gasteiger partial charge in [-0.3, -0.25) is 9.05 Å². The van der Waals surface area contributed by atoms with Crippen LogP contribution in [-0.4, -0.2) is 24.6 Å². The lowest BCUT2D eigenvalue weighted by Gasteiger charge is -2.17. The van der Waals surface area contributed by atoms with Gasteiger partial charge in [-0.05, 0) is 6.42 Å². The Labute approximate surface area is 105 Å². The molecule has 1 N–H and O–H groups in total. The fraction of sp³-hybridized carbons (Fsp3) is 0.625. The molecule has 10 heteroatoms. The van der Waals surface area contributed by atoms with E-state index in [1.807, 2.05) is 6.92 Å². The molecular formula is C8H16O8P2. The number of carbonyl (C=O) groups is 1. The molecule has 0 rings (SSSR count). The molecule has 18 heavy (non-hydrogen) atoms. The molecule has 0 bridgehead atoms. The Kier molecular flexibility index (Phi) is 7.62. The Morgan fingerprint density at radius 2 is 2.06 bits per heavy atom. The summed E-state index contributed by atoms with van der Waals surface area (Å²) in [6.07, 6.45) is 1.94. The topological polar surface area (TPSA) is 108 Å². The van der Waals surface area contributed by atoms with Gasteiger partial charge < -0.3 is 9.42 Å². The molecule has 0 aromatic rings. The van der Waals surface area contributed by atoms with Crippen LogP contribution < -0.4 is 0 Å². The van der Waals surface area contributed by atoms with Crippen LogP contribution in [0.1, 0.15) is 19.8 Å². The zero-order valence-corrected chi connectivity index (χ0v) is 11.9. The third kappa shape index (κ3) is 7.06. The molecule has 0 aliphatic carbocycles. The summed E-state index contributed by atoms with van der Waals surface area (Å²) in [5.41, 5.74) is 0. The van der Waals surface area contributed by atoms with E-state index in [9.17, 15) is 18.8 Å². The molecular weight excluding hydrogens is 286 g/mol. The predicted octanol–water partition coefficient (Wildman–Crippen LogP) is 2.40. The standard InChI is InChI=1S/C8H16O8P2/c1-4-6-7-14-17(10,11)16-18(12,13-3)15-8(9)5-2/h5H,2,4,6-7H2,1,3H3,(H,10,11). The molecule has 2 atom stereocenters. The summed E-state index contributed by atoms with van der Waals surface area (Å²) in [5, 5.41) is 0. The van der Waals surface area contributed by atoms with E-state index in [1.54, 1.807) is 0 Å². The molecule has 0 aromatic heterocycles. The summed E-state index contributed by atoms with van der Waals surface area (Å²) in [4.78, 5) is 20.1. The fourth-order valence-corrected chi connectivity index (χ4v) is 3.04. The number of hydrogen-bond donors (Lipinski definition) is 1. The molecule has 8 nitrogen and oxygen atoms in total. The van der Waals surface area contributed by atoms with Crippen LogP contribution in [0.3, 0.4) is 0 Å². The maximum atomic E-state index is 11.7. The van der Waals surface area contributed by atoms with E-state index in [0.29, 0.717) is 12.5 Å². The van der Waals surface area contributed by atoms with Crippen molar-refractivity contribution < 1.29 is 36.7 Å². The van der Waals surface area contributed by atoms with E-state index < -0.39 is 21.6 Å². The van der Waals surface area contributed by atoms with Crippen LogP contribution in [0.4, 0.5) is 0 Å². The number of carbonyl (C=O) groups excluding carboxylic acids is 1. The zero-order chi connectivity index (χ0) is 14.2. The molecule has 0 aliphatic heterocycles. The second-order valence-corrected chi connectivity index (χ2v) is 6.27. The third-order valence-electron chi connectivity index (χ3n) is 1.55. The van der Waals surface area contributed by atoms with Gasteiger partial charge in [-0.1, -0.05) is 19.9 Å². The second-order valence-electron chi connectivity index (χ2n) is 2.98. The van der Waals surface area contributed by atoms with Gasteiger partial charge in [-0.15, -0.1) is 0 Å². The first-order valence-electron chi connectivity index (χ1n) is 4.99. The Hall–Kier alpha value is -0.490. The highest BCUT2D eigenvalue weighted by Gasteiger charge is 2.39. The first-order valence-corrected chi connectivity index (χ1v) is 7.94. The molecule has 0 heterocycles. The normalized spacial score (nSPS) is 17.5. The molecule has 0 aliphatic rings. The van der Waals surface area contributed by atoms with Crippen LogP contribution in [0.5, 0.6) is 0 Å². The highest BCUT2D eigenvalue weighted by Crippen LogP contribution is 2.63. The first-order chi connectivity index (χ1) is 8.28. The van der Waals surface area contributed by atoms with Gasteiger partial charge in [-0.25, -0.2) is 13.9 Å². The molecule has 0 spiro atoms. The molecule has 2 unspecified atom stereocenters. The highest BCUT2D eigenvalue weighted by molar-refractivity contribution is 7.62. The SMILES string of the molecule is C=CC(=O)OP(=O)(OC)OP(=O)(O)OCCCC. The van der Waals surface area contributed by atoms with E-state index in [0.717, 1.165) is 13.5 Å². The molecule has 0 fully saturated rings. The number of phosphoric acid groups is 2. The van der Waals surface area contributed by atoms with Gasteiger partial charge in [-0.2, -0.15) is 4.31 Å². The minimum Gasteiger partial charge on any atom is -0.367 e. The number of hydrogen-bond acceptors (Lipinski definition) is 7. The van der Waals surface area contributed by atoms with Gasteiger partial charge in [0, 0.05) is 13.2 Å². The summed E-state index contributed by atoms with van der Waals surface area (Å²) >= 11 is 0. The summed E-state index contributed by atoms with van der Waals surface area (Å²) in [5.74, 6) is -1.12. The van der Waals surface area contributed by atoms with Crippen LogP contribution >= 0.6 is 15.6 Å². The van der Waals surface area contributed by atoms with Crippen molar-refractivity contribution in [1.29, 1.82) is 0 Å². The van der Waals surface area contributed by atoms with Crippen LogP contribution in [-0.2, 0) is 31.8 Å². The fourth-order valence-electron chi connectivity index (χ4n) is 0.709. The Morgan fingerprint density at radius 1 is 1.44 bits per heavy atom. The molecule has 0 saturated heterocycles. The van der Waals surface area contributed by atoms with E-state index in [2.05, 4.69) is 24.5 Å². The van der Waals surface area contributed by atoms with Gasteiger partial charge in [0.25, 0.3) is 0 Å². The van der Waals surface area contributed by atoms with E-state index in [1.165, 1.54) is 0 Å². The molecule has 106 valence electrons. The van der Waals surface area contributed by atoms with E-state index >= 15 is 0 Å². The second kappa shape index (κ2) is 7.84. The van der Waals surface area contributed by atoms with Crippen molar-refractivity contribution in [3.05, 3.63) is 12.7 Å². The largest absolute Gasteiger partial charge is 0.541 e.